The van der Waals surface area contributed by atoms with Crippen LogP contribution in [0.2, 0.25) is 0 Å². The van der Waals surface area contributed by atoms with E-state index in [4.69, 9.17) is 10.2 Å². The highest BCUT2D eigenvalue weighted by molar-refractivity contribution is 6.08. The van der Waals surface area contributed by atoms with Gasteiger partial charge in [0.2, 0.25) is 5.91 Å². The smallest absolute Gasteiger partial charge is 0.294 e. The molecule has 0 aliphatic rings. The van der Waals surface area contributed by atoms with Gasteiger partial charge in [0.05, 0.1) is 18.4 Å². The van der Waals surface area contributed by atoms with Gasteiger partial charge >= 0.3 is 0 Å². The third kappa shape index (κ3) is 5.84. The van der Waals surface area contributed by atoms with Crippen LogP contribution in [0.4, 0.5) is 5.82 Å². The van der Waals surface area contributed by atoms with Crippen molar-refractivity contribution in [2.75, 3.05) is 18.9 Å². The molecule has 3 heterocycles. The summed E-state index contributed by atoms with van der Waals surface area (Å²) in [5.41, 5.74) is 8.00. The molecule has 0 radical (unpaired) electrons. The Morgan fingerprint density at radius 2 is 2.06 bits per heavy atom. The van der Waals surface area contributed by atoms with E-state index in [-0.39, 0.29) is 24.8 Å². The van der Waals surface area contributed by atoms with Crippen molar-refractivity contribution in [2.45, 2.75) is 19.5 Å². The fourth-order valence-corrected chi connectivity index (χ4v) is 3.71. The molecule has 0 bridgehead atoms. The van der Waals surface area contributed by atoms with Crippen molar-refractivity contribution in [3.63, 3.8) is 0 Å². The monoisotopic (exact) mass is 485 g/mol. The normalized spacial score (nSPS) is 11.8. The van der Waals surface area contributed by atoms with Crippen LogP contribution in [0, 0.1) is 0 Å². The summed E-state index contributed by atoms with van der Waals surface area (Å²) < 4.78 is 7.05. The Morgan fingerprint density at radius 1 is 1.22 bits per heavy atom. The van der Waals surface area contributed by atoms with E-state index < -0.39 is 5.56 Å². The first-order chi connectivity index (χ1) is 17.6. The lowest BCUT2D eigenvalue weighted by molar-refractivity contribution is -0.122. The highest BCUT2D eigenvalue weighted by Gasteiger charge is 2.16. The number of carbonyl (C=O) groups is 1. The number of nitrogens with one attached hydrogen (secondary N) is 2. The van der Waals surface area contributed by atoms with Gasteiger partial charge in [-0.05, 0) is 24.1 Å². The fourth-order valence-electron chi connectivity index (χ4n) is 3.71. The number of allylic oxidation sites excluding steroid dienone is 1. The molecule has 0 fully saturated rings. The number of benzene rings is 1. The Morgan fingerprint density at radius 3 is 2.81 bits per heavy atom. The topological polar surface area (TPSA) is 140 Å². The number of amides is 1. The van der Waals surface area contributed by atoms with Gasteiger partial charge in [-0.2, -0.15) is 0 Å². The SMILES string of the molecule is CN=C/C(=C\N)c1cnc(NCCc2ccccc2)c(=O)n1CC(=O)NCc1cc2cnccc2o1. The first-order valence-corrected chi connectivity index (χ1v) is 11.4. The molecule has 10 nitrogen and oxygen atoms in total. The van der Waals surface area contributed by atoms with Crippen LogP contribution in [0.5, 0.6) is 0 Å². The van der Waals surface area contributed by atoms with Crippen molar-refractivity contribution in [1.29, 1.82) is 0 Å². The maximum absolute atomic E-state index is 13.3. The predicted octanol–water partition coefficient (Wildman–Crippen LogP) is 2.36. The number of aromatic nitrogens is 3. The first kappa shape index (κ1) is 24.4. The highest BCUT2D eigenvalue weighted by Crippen LogP contribution is 2.17. The summed E-state index contributed by atoms with van der Waals surface area (Å²) in [5, 5.41) is 6.73. The zero-order valence-electron chi connectivity index (χ0n) is 19.8. The van der Waals surface area contributed by atoms with Crippen LogP contribution in [-0.2, 0) is 24.3 Å². The van der Waals surface area contributed by atoms with Crippen LogP contribution < -0.4 is 21.9 Å². The molecule has 0 atom stereocenters. The molecule has 4 aromatic rings. The van der Waals surface area contributed by atoms with Gasteiger partial charge in [-0.15, -0.1) is 0 Å². The minimum atomic E-state index is -0.436. The molecule has 0 spiro atoms. The third-order valence-corrected chi connectivity index (χ3v) is 5.48. The number of nitrogens with zero attached hydrogens (tertiary/aromatic N) is 4. The van der Waals surface area contributed by atoms with Crippen molar-refractivity contribution in [1.82, 2.24) is 19.9 Å². The van der Waals surface area contributed by atoms with Crippen LogP contribution in [0.3, 0.4) is 0 Å². The molecule has 3 aromatic heterocycles. The lowest BCUT2D eigenvalue weighted by atomic mass is 10.1. The van der Waals surface area contributed by atoms with E-state index in [1.54, 1.807) is 25.5 Å². The summed E-state index contributed by atoms with van der Waals surface area (Å²) in [6, 6.07) is 13.5. The van der Waals surface area contributed by atoms with E-state index in [0.717, 1.165) is 10.9 Å². The summed E-state index contributed by atoms with van der Waals surface area (Å²) >= 11 is 0. The summed E-state index contributed by atoms with van der Waals surface area (Å²) in [6.07, 6.45) is 8.38. The lowest BCUT2D eigenvalue weighted by Gasteiger charge is -2.15. The average Bonchev–Trinajstić information content (AvgIpc) is 3.32. The summed E-state index contributed by atoms with van der Waals surface area (Å²) in [5.74, 6) is 0.359. The van der Waals surface area contributed by atoms with Crippen LogP contribution >= 0.6 is 0 Å². The number of aliphatic imine (C=N–C) groups is 1. The average molecular weight is 486 g/mol. The van der Waals surface area contributed by atoms with E-state index in [1.165, 1.54) is 23.2 Å². The molecule has 36 heavy (non-hydrogen) atoms. The number of fused-ring (bicyclic) bond motifs is 1. The number of rotatable bonds is 10. The van der Waals surface area contributed by atoms with Gasteiger partial charge < -0.3 is 20.8 Å². The molecular formula is C26H27N7O3. The van der Waals surface area contributed by atoms with Crippen molar-refractivity contribution in [3.8, 4) is 0 Å². The second kappa shape index (κ2) is 11.6. The Balaban J connectivity index is 1.51. The Hall–Kier alpha value is -4.73. The summed E-state index contributed by atoms with van der Waals surface area (Å²) in [4.78, 5) is 38.5. The van der Waals surface area contributed by atoms with E-state index in [0.29, 0.717) is 35.6 Å². The van der Waals surface area contributed by atoms with Gasteiger partial charge in [-0.25, -0.2) is 4.98 Å². The van der Waals surface area contributed by atoms with E-state index in [2.05, 4.69) is 25.6 Å². The molecule has 0 unspecified atom stereocenters. The number of carbonyl (C=O) groups excluding carboxylic acids is 1. The Labute approximate surface area is 207 Å². The maximum atomic E-state index is 13.3. The molecule has 4 N–H and O–H groups in total. The number of pyridine rings is 1. The van der Waals surface area contributed by atoms with Gasteiger partial charge in [0.1, 0.15) is 17.9 Å². The summed E-state index contributed by atoms with van der Waals surface area (Å²) in [6.45, 7) is 0.441. The second-order valence-electron chi connectivity index (χ2n) is 7.96. The number of furan rings is 1. The maximum Gasteiger partial charge on any atom is 0.294 e. The quantitative estimate of drug-likeness (QED) is 0.293. The number of anilines is 1. The first-order valence-electron chi connectivity index (χ1n) is 11.4. The minimum Gasteiger partial charge on any atom is -0.459 e. The molecule has 1 aromatic carbocycles. The van der Waals surface area contributed by atoms with Gasteiger partial charge in [0.15, 0.2) is 5.82 Å². The Bertz CT molecular complexity index is 1420. The van der Waals surface area contributed by atoms with Crippen LogP contribution in [-0.4, -0.2) is 40.2 Å². The van der Waals surface area contributed by atoms with Gasteiger partial charge in [0.25, 0.3) is 5.56 Å². The Kier molecular flexibility index (Phi) is 7.87. The second-order valence-corrected chi connectivity index (χ2v) is 7.96. The molecule has 0 saturated carbocycles. The molecule has 0 saturated heterocycles. The van der Waals surface area contributed by atoms with Crippen molar-refractivity contribution < 1.29 is 9.21 Å². The van der Waals surface area contributed by atoms with Crippen LogP contribution in [0.1, 0.15) is 17.0 Å². The van der Waals surface area contributed by atoms with Gasteiger partial charge in [0, 0.05) is 49.4 Å². The molecule has 10 heteroatoms. The molecule has 4 rings (SSSR count). The molecule has 184 valence electrons. The zero-order valence-corrected chi connectivity index (χ0v) is 19.8. The number of hydrogen-bond acceptors (Lipinski definition) is 8. The molecule has 0 aliphatic heterocycles. The zero-order chi connectivity index (χ0) is 25.3. The van der Waals surface area contributed by atoms with Crippen molar-refractivity contribution in [2.24, 2.45) is 10.7 Å². The van der Waals surface area contributed by atoms with Crippen LogP contribution in [0.25, 0.3) is 16.5 Å². The number of nitrogens with two attached hydrogens (primary N) is 1. The van der Waals surface area contributed by atoms with E-state index in [9.17, 15) is 9.59 Å². The minimum absolute atomic E-state index is 0.150. The largest absolute Gasteiger partial charge is 0.459 e. The number of hydrogen-bond donors (Lipinski definition) is 3. The van der Waals surface area contributed by atoms with E-state index in [1.807, 2.05) is 36.4 Å². The highest BCUT2D eigenvalue weighted by atomic mass is 16.3. The van der Waals surface area contributed by atoms with Gasteiger partial charge in [-0.1, -0.05) is 30.3 Å². The summed E-state index contributed by atoms with van der Waals surface area (Å²) in [7, 11) is 1.59. The standard InChI is InChI=1S/C26H27N7O3/c1-28-13-20(12-27)22-16-32-25(30-10-7-18-5-3-2-4-6-18)26(35)33(22)17-24(34)31-15-21-11-19-14-29-9-8-23(19)36-21/h2-6,8-9,11-14,16H,7,10,15,17,27H2,1H3,(H,30,32)(H,31,34)/b20-12+,28-13?. The third-order valence-electron chi connectivity index (χ3n) is 5.48. The predicted molar refractivity (Wildman–Crippen MR) is 140 cm³/mol. The van der Waals surface area contributed by atoms with E-state index >= 15 is 0 Å². The lowest BCUT2D eigenvalue weighted by Crippen LogP contribution is -2.35. The van der Waals surface area contributed by atoms with Crippen molar-refractivity contribution in [3.05, 3.63) is 94.6 Å². The van der Waals surface area contributed by atoms with Crippen LogP contribution in [0.15, 0.2) is 81.5 Å². The van der Waals surface area contributed by atoms with Crippen molar-refractivity contribution >= 4 is 34.5 Å². The fraction of sp³-hybridized carbons (Fsp3) is 0.192. The van der Waals surface area contributed by atoms with Gasteiger partial charge in [-0.3, -0.25) is 24.1 Å². The molecule has 1 amide bonds. The molecular weight excluding hydrogens is 458 g/mol. The molecule has 0 aliphatic carbocycles.